The first kappa shape index (κ1) is 15.9. The third kappa shape index (κ3) is 7.81. The summed E-state index contributed by atoms with van der Waals surface area (Å²) < 4.78 is 5.67. The third-order valence-electron chi connectivity index (χ3n) is 3.14. The van der Waals surface area contributed by atoms with Gasteiger partial charge in [0.2, 0.25) is 0 Å². The zero-order chi connectivity index (χ0) is 13.9. The molecule has 0 fully saturated rings. The van der Waals surface area contributed by atoms with Gasteiger partial charge in [-0.1, -0.05) is 56.3 Å². The van der Waals surface area contributed by atoms with E-state index >= 15 is 0 Å². The lowest BCUT2D eigenvalue weighted by molar-refractivity contribution is 0.113. The van der Waals surface area contributed by atoms with Crippen molar-refractivity contribution in [3.05, 3.63) is 48.0 Å². The standard InChI is InChI=1S/C17H26O2/c1-15(7-6-8-16(2)13-18)11-12-19-14-17-9-4-3-5-10-17/h3-7,9-10,15-16,18H,8,11-14H2,1-2H3/b7-6+/t15-,16+/m0/s1. The van der Waals surface area contributed by atoms with Crippen molar-refractivity contribution in [1.82, 2.24) is 0 Å². The first-order valence-electron chi connectivity index (χ1n) is 7.11. The molecule has 1 rings (SSSR count). The fourth-order valence-electron chi connectivity index (χ4n) is 1.75. The van der Waals surface area contributed by atoms with Crippen LogP contribution in [0.25, 0.3) is 0 Å². The number of hydrogen-bond acceptors (Lipinski definition) is 2. The zero-order valence-electron chi connectivity index (χ0n) is 12.1. The Morgan fingerprint density at radius 1 is 1.21 bits per heavy atom. The summed E-state index contributed by atoms with van der Waals surface area (Å²) in [5, 5.41) is 8.93. The monoisotopic (exact) mass is 262 g/mol. The van der Waals surface area contributed by atoms with Gasteiger partial charge in [0, 0.05) is 13.2 Å². The van der Waals surface area contributed by atoms with Crippen LogP contribution in [0.4, 0.5) is 0 Å². The van der Waals surface area contributed by atoms with Gasteiger partial charge in [-0.2, -0.15) is 0 Å². The van der Waals surface area contributed by atoms with Gasteiger partial charge in [-0.3, -0.25) is 0 Å². The molecule has 2 heteroatoms. The molecule has 0 aliphatic heterocycles. The molecule has 0 aliphatic carbocycles. The van der Waals surface area contributed by atoms with Crippen LogP contribution in [-0.4, -0.2) is 18.3 Å². The quantitative estimate of drug-likeness (QED) is 0.542. The van der Waals surface area contributed by atoms with E-state index in [4.69, 9.17) is 9.84 Å². The van der Waals surface area contributed by atoms with Crippen molar-refractivity contribution in [1.29, 1.82) is 0 Å². The van der Waals surface area contributed by atoms with E-state index in [1.807, 2.05) is 18.2 Å². The minimum atomic E-state index is 0.263. The van der Waals surface area contributed by atoms with Gasteiger partial charge in [-0.25, -0.2) is 0 Å². The highest BCUT2D eigenvalue weighted by Crippen LogP contribution is 2.08. The largest absolute Gasteiger partial charge is 0.396 e. The predicted octanol–water partition coefficient (Wildman–Crippen LogP) is 3.80. The summed E-state index contributed by atoms with van der Waals surface area (Å²) in [6.45, 7) is 6.00. The highest BCUT2D eigenvalue weighted by molar-refractivity contribution is 5.13. The van der Waals surface area contributed by atoms with Gasteiger partial charge < -0.3 is 9.84 Å². The molecule has 19 heavy (non-hydrogen) atoms. The first-order valence-corrected chi connectivity index (χ1v) is 7.11. The van der Waals surface area contributed by atoms with Crippen LogP contribution in [0.2, 0.25) is 0 Å². The molecule has 0 unspecified atom stereocenters. The third-order valence-corrected chi connectivity index (χ3v) is 3.14. The van der Waals surface area contributed by atoms with Crippen molar-refractivity contribution < 1.29 is 9.84 Å². The van der Waals surface area contributed by atoms with E-state index in [1.165, 1.54) is 5.56 Å². The number of ether oxygens (including phenoxy) is 1. The maximum Gasteiger partial charge on any atom is 0.0716 e. The molecule has 0 saturated carbocycles. The highest BCUT2D eigenvalue weighted by atomic mass is 16.5. The minimum absolute atomic E-state index is 0.263. The smallest absolute Gasteiger partial charge is 0.0716 e. The Labute approximate surface area is 117 Å². The second kappa shape index (κ2) is 9.76. The average molecular weight is 262 g/mol. The van der Waals surface area contributed by atoms with Crippen LogP contribution in [0.5, 0.6) is 0 Å². The number of allylic oxidation sites excluding steroid dienone is 2. The summed E-state index contributed by atoms with van der Waals surface area (Å²) in [7, 11) is 0. The Hall–Kier alpha value is -1.12. The second-order valence-electron chi connectivity index (χ2n) is 5.26. The Bertz CT molecular complexity index is 346. The number of aliphatic hydroxyl groups is 1. The predicted molar refractivity (Wildman–Crippen MR) is 79.9 cm³/mol. The molecule has 2 atom stereocenters. The van der Waals surface area contributed by atoms with E-state index in [1.54, 1.807) is 0 Å². The molecule has 106 valence electrons. The van der Waals surface area contributed by atoms with Gasteiger partial charge in [-0.05, 0) is 30.2 Å². The highest BCUT2D eigenvalue weighted by Gasteiger charge is 1.99. The van der Waals surface area contributed by atoms with E-state index in [0.717, 1.165) is 19.4 Å². The molecular formula is C17H26O2. The molecule has 1 aromatic carbocycles. The zero-order valence-corrected chi connectivity index (χ0v) is 12.1. The van der Waals surface area contributed by atoms with Crippen LogP contribution in [0.1, 0.15) is 32.3 Å². The van der Waals surface area contributed by atoms with Gasteiger partial charge in [0.05, 0.1) is 6.61 Å². The summed E-state index contributed by atoms with van der Waals surface area (Å²) in [6, 6.07) is 10.3. The van der Waals surface area contributed by atoms with Crippen molar-refractivity contribution in [2.45, 2.75) is 33.3 Å². The maximum atomic E-state index is 8.93. The van der Waals surface area contributed by atoms with Crippen molar-refractivity contribution in [2.24, 2.45) is 11.8 Å². The van der Waals surface area contributed by atoms with E-state index in [0.29, 0.717) is 18.4 Å². The molecule has 0 amide bonds. The fourth-order valence-corrected chi connectivity index (χ4v) is 1.75. The molecule has 0 spiro atoms. The van der Waals surface area contributed by atoms with Crippen molar-refractivity contribution in [3.8, 4) is 0 Å². The molecule has 2 nitrogen and oxygen atoms in total. The molecule has 1 N–H and O–H groups in total. The Morgan fingerprint density at radius 3 is 2.63 bits per heavy atom. The van der Waals surface area contributed by atoms with Crippen LogP contribution in [0.3, 0.4) is 0 Å². The lowest BCUT2D eigenvalue weighted by atomic mass is 10.0. The summed E-state index contributed by atoms with van der Waals surface area (Å²) in [5.41, 5.74) is 1.22. The Morgan fingerprint density at radius 2 is 1.95 bits per heavy atom. The molecule has 0 aromatic heterocycles. The van der Waals surface area contributed by atoms with Crippen molar-refractivity contribution >= 4 is 0 Å². The number of hydrogen-bond donors (Lipinski definition) is 1. The molecule has 1 aromatic rings. The van der Waals surface area contributed by atoms with Crippen LogP contribution in [0.15, 0.2) is 42.5 Å². The fraction of sp³-hybridized carbons (Fsp3) is 0.529. The lowest BCUT2D eigenvalue weighted by Gasteiger charge is -2.08. The van der Waals surface area contributed by atoms with Crippen molar-refractivity contribution in [3.63, 3.8) is 0 Å². The van der Waals surface area contributed by atoms with E-state index in [2.05, 4.69) is 38.1 Å². The molecule has 0 aliphatic rings. The molecule has 0 heterocycles. The second-order valence-corrected chi connectivity index (χ2v) is 5.26. The Kier molecular flexibility index (Phi) is 8.19. The van der Waals surface area contributed by atoms with E-state index in [9.17, 15) is 0 Å². The van der Waals surface area contributed by atoms with E-state index < -0.39 is 0 Å². The van der Waals surface area contributed by atoms with Gasteiger partial charge in [-0.15, -0.1) is 0 Å². The number of aliphatic hydroxyl groups excluding tert-OH is 1. The number of benzene rings is 1. The SMILES string of the molecule is C[C@@H](CO)C/C=C/[C@H](C)CCOCc1ccccc1. The van der Waals surface area contributed by atoms with Crippen LogP contribution >= 0.6 is 0 Å². The van der Waals surface area contributed by atoms with Crippen LogP contribution in [0, 0.1) is 11.8 Å². The summed E-state index contributed by atoms with van der Waals surface area (Å²) in [4.78, 5) is 0. The summed E-state index contributed by atoms with van der Waals surface area (Å²) in [5.74, 6) is 0.888. The normalized spacial score (nSPS) is 14.7. The molecular weight excluding hydrogens is 236 g/mol. The summed E-state index contributed by atoms with van der Waals surface area (Å²) in [6.07, 6.45) is 6.38. The topological polar surface area (TPSA) is 29.5 Å². The maximum absolute atomic E-state index is 8.93. The van der Waals surface area contributed by atoms with Gasteiger partial charge in [0.15, 0.2) is 0 Å². The Balaban J connectivity index is 2.08. The first-order chi connectivity index (χ1) is 9.22. The molecule has 0 bridgehead atoms. The van der Waals surface area contributed by atoms with Gasteiger partial charge >= 0.3 is 0 Å². The molecule has 0 saturated heterocycles. The lowest BCUT2D eigenvalue weighted by Crippen LogP contribution is -2.01. The summed E-state index contributed by atoms with van der Waals surface area (Å²) >= 11 is 0. The van der Waals surface area contributed by atoms with Crippen molar-refractivity contribution in [2.75, 3.05) is 13.2 Å². The van der Waals surface area contributed by atoms with Gasteiger partial charge in [0.1, 0.15) is 0 Å². The van der Waals surface area contributed by atoms with Crippen LogP contribution < -0.4 is 0 Å². The average Bonchev–Trinajstić information content (AvgIpc) is 2.44. The minimum Gasteiger partial charge on any atom is -0.396 e. The van der Waals surface area contributed by atoms with Crippen LogP contribution in [-0.2, 0) is 11.3 Å². The van der Waals surface area contributed by atoms with E-state index in [-0.39, 0.29) is 6.61 Å². The van der Waals surface area contributed by atoms with Gasteiger partial charge in [0.25, 0.3) is 0 Å². The number of rotatable bonds is 9. The molecule has 0 radical (unpaired) electrons.